The molecule has 130 heavy (non-hydrogen) atoms. The first kappa shape index (κ1) is 129. The second-order valence-corrected chi connectivity index (χ2v) is 50.8. The van der Waals surface area contributed by atoms with Gasteiger partial charge in [-0.15, -0.1) is 35.3 Å². The molecule has 1 saturated carbocycles. The highest BCUT2D eigenvalue weighted by Gasteiger charge is 2.42. The van der Waals surface area contributed by atoms with E-state index in [-0.39, 0.29) is 99.9 Å². The van der Waals surface area contributed by atoms with Crippen LogP contribution in [0.4, 0.5) is 16.2 Å². The number of carbonyl (C=O) groups is 11. The number of nitrogens with zero attached hydrogens (tertiary/aromatic N) is 2. The van der Waals surface area contributed by atoms with Gasteiger partial charge in [0.15, 0.2) is 11.6 Å². The zero-order valence-corrected chi connectivity index (χ0v) is 92.0. The molecule has 0 radical (unpaired) electrons. The third kappa shape index (κ3) is 64.7. The number of rotatable bonds is 42. The highest BCUT2D eigenvalue weighted by Crippen LogP contribution is 2.36. The standard InChI is InChI=1S/C18H29NO3S.C14H22N2O2.C14H19NO2.C13H23NO2S.C11H22OS.C10H20O4S2.C10H20OS.C9H12S.C4H10/c1-11(2)17(21)14-7-5-13(6-8-14)10-19-16(20)9-15(18(19)22)23-12(3)4;1-10(2)15-13-7-5-12(6-8-13)9-18-14(17)16-11(3)4;1-9(2)13(16)11-5-7-12(8-6-11)15-14(17)10(3)4;1-9(2)6-5-7-14-12(15)8-11(13(14)16)17-10(3)4;1-8(2)11(12)7-6-10(5)13-9(3)4;1-7(2)10(11)9(16(12,13)14)5-6-15-8(3)4;1-8(2)10(11)6-5-7-12-9(3)4;1-8(2)10-9-6-4-3-5-7-9;1-4(2)3/h11-15H,5-10H2,1-4H3;5-8,10-11,15H,9H2,1-4H3,(H,16,17);5-10H,1-4H3,(H,15,17);9-11H,5-8H2,1-4H3;8-10H,6-7H2,1-5H3;7-9H,5-6H2,1-4H3,(H,12,13,14);8-9H,5-7H2,1-4H3;3-8H,1-2H3;4H,1-3H3/p-1. The summed E-state index contributed by atoms with van der Waals surface area (Å²) in [6.45, 7) is 70.3. The molecule has 0 spiro atoms. The van der Waals surface area contributed by atoms with E-state index in [2.05, 4.69) is 165 Å². The Balaban J connectivity index is -0.00000142. The van der Waals surface area contributed by atoms with Gasteiger partial charge in [-0.3, -0.25) is 57.7 Å². The van der Waals surface area contributed by atoms with Crippen molar-refractivity contribution in [1.29, 1.82) is 0 Å². The van der Waals surface area contributed by atoms with Crippen LogP contribution in [0.1, 0.15) is 335 Å². The van der Waals surface area contributed by atoms with Gasteiger partial charge in [0, 0.05) is 125 Å². The third-order valence-corrected chi connectivity index (χ3v) is 27.4. The smallest absolute Gasteiger partial charge is 0.407 e. The van der Waals surface area contributed by atoms with Crippen LogP contribution in [-0.4, -0.2) is 176 Å². The number of amides is 6. The summed E-state index contributed by atoms with van der Waals surface area (Å²) in [5.41, 5.74) is 3.45. The molecule has 4 unspecified atom stereocenters. The van der Waals surface area contributed by atoms with Gasteiger partial charge in [-0.2, -0.15) is 35.3 Å². The summed E-state index contributed by atoms with van der Waals surface area (Å²) in [6.07, 6.45) is 9.75. The van der Waals surface area contributed by atoms with Crippen LogP contribution in [0.25, 0.3) is 0 Å². The van der Waals surface area contributed by atoms with Crippen molar-refractivity contribution >= 4 is 157 Å². The first-order chi connectivity index (χ1) is 60.2. The van der Waals surface area contributed by atoms with Crippen molar-refractivity contribution in [2.75, 3.05) is 35.2 Å². The molecule has 27 heteroatoms. The predicted octanol–water partition coefficient (Wildman–Crippen LogP) is 25.4. The lowest BCUT2D eigenvalue weighted by molar-refractivity contribution is -0.140. The summed E-state index contributed by atoms with van der Waals surface area (Å²) < 4.78 is 38.0. The Morgan fingerprint density at radius 3 is 1.38 bits per heavy atom. The molecule has 20 nitrogen and oxygen atoms in total. The molecule has 1 aliphatic carbocycles. The summed E-state index contributed by atoms with van der Waals surface area (Å²) >= 11 is 10.5. The second-order valence-electron chi connectivity index (χ2n) is 38.7. The molecule has 3 aromatic carbocycles. The Labute approximate surface area is 815 Å². The molecule has 2 aliphatic heterocycles. The Morgan fingerprint density at radius 1 is 0.485 bits per heavy atom. The Bertz CT molecular complexity index is 3780. The van der Waals surface area contributed by atoms with Gasteiger partial charge in [0.25, 0.3) is 0 Å². The zero-order chi connectivity index (χ0) is 101. The number of benzene rings is 3. The topological polar surface area (TPSA) is 297 Å². The van der Waals surface area contributed by atoms with Gasteiger partial charge >= 0.3 is 6.09 Å². The fraction of sp³-hybridized carbons (Fsp3) is 0.718. The van der Waals surface area contributed by atoms with Gasteiger partial charge < -0.3 is 25.2 Å². The van der Waals surface area contributed by atoms with E-state index in [1.165, 1.54) is 14.7 Å². The molecular weight excluding hydrogens is 1770 g/mol. The lowest BCUT2D eigenvalue weighted by atomic mass is 9.77. The molecule has 2 heterocycles. The summed E-state index contributed by atoms with van der Waals surface area (Å²) in [4.78, 5) is 133. The van der Waals surface area contributed by atoms with Gasteiger partial charge in [-0.05, 0) is 195 Å². The fourth-order valence-corrected chi connectivity index (χ4v) is 19.5. The predicted molar refractivity (Wildman–Crippen MR) is 559 cm³/mol. The van der Waals surface area contributed by atoms with E-state index in [0.29, 0.717) is 116 Å². The second kappa shape index (κ2) is 71.3. The molecule has 3 fully saturated rings. The minimum Gasteiger partial charge on any atom is -0.747 e. The van der Waals surface area contributed by atoms with Gasteiger partial charge in [0.1, 0.15) is 39.3 Å². The highest BCUT2D eigenvalue weighted by molar-refractivity contribution is 8.01. The number of carbonyl (C=O) groups excluding carboxylic acids is 11. The summed E-state index contributed by atoms with van der Waals surface area (Å²) in [7, 11) is -4.52. The maximum absolute atomic E-state index is 12.4. The molecule has 0 bridgehead atoms. The maximum atomic E-state index is 12.4. The molecular formula is C103H176N5O15S7-. The SMILES string of the molecule is CC(C)C.CC(C)C(=O)Nc1ccc(C(=O)C(C)C)cc1.CC(C)CCCN1C(=O)CC(SC(C)C)C1=O.CC(C)NC(=O)OCc1ccc(NC(C)C)cc1.CC(C)SC(C)CCC(=O)C(C)C.CC(C)SC1CC(=O)N(CC2CCC(C(=O)C(C)C)CC2)C1=O.CC(C)SCCC(C(=O)C(C)C)S(=O)(=O)[O-].CC(C)SCCCC(=O)C(C)C.CC(C)Sc1ccccc1. The first-order valence-corrected chi connectivity index (χ1v) is 54.9. The number of imide groups is 2. The molecule has 3 aliphatic rings. The molecule has 4 atom stereocenters. The molecule has 3 N–H and O–H groups in total. The third-order valence-electron chi connectivity index (χ3n) is 19.2. The maximum Gasteiger partial charge on any atom is 0.407 e. The Hall–Kier alpha value is -5.16. The number of alkyl carbamates (subject to hydrolysis) is 1. The normalized spacial score (nSPS) is 16.0. The van der Waals surface area contributed by atoms with Crippen LogP contribution < -0.4 is 16.0 Å². The number of Topliss-reactive ketones (excluding diaryl/α,β-unsaturated/α-hetero) is 5. The van der Waals surface area contributed by atoms with Crippen LogP contribution in [0.5, 0.6) is 0 Å². The van der Waals surface area contributed by atoms with Crippen molar-refractivity contribution in [3.8, 4) is 0 Å². The number of ketones is 5. The largest absolute Gasteiger partial charge is 0.747 e. The Morgan fingerprint density at radius 2 is 0.962 bits per heavy atom. The average Bonchev–Trinajstić information content (AvgIpc) is 1.67. The van der Waals surface area contributed by atoms with E-state index >= 15 is 0 Å². The zero-order valence-electron chi connectivity index (χ0n) is 86.3. The number of nitrogens with one attached hydrogen (secondary N) is 3. The lowest BCUT2D eigenvalue weighted by Crippen LogP contribution is -2.37. The van der Waals surface area contributed by atoms with Crippen molar-refractivity contribution in [3.05, 3.63) is 90.0 Å². The molecule has 6 rings (SSSR count). The van der Waals surface area contributed by atoms with E-state index in [0.717, 1.165) is 92.8 Å². The fourth-order valence-electron chi connectivity index (χ4n) is 12.4. The number of anilines is 2. The average molecular weight is 1950 g/mol. The van der Waals surface area contributed by atoms with Crippen molar-refractivity contribution in [2.24, 2.45) is 59.2 Å². The highest BCUT2D eigenvalue weighted by atomic mass is 32.2. The molecule has 6 amide bonds. The monoisotopic (exact) mass is 1950 g/mol. The summed E-state index contributed by atoms with van der Waals surface area (Å²) in [5.74, 6) is 4.49. The van der Waals surface area contributed by atoms with E-state index in [1.807, 2.05) is 163 Å². The molecule has 746 valence electrons. The van der Waals surface area contributed by atoms with Crippen LogP contribution in [0, 0.1) is 59.2 Å². The number of likely N-dealkylation sites (tertiary alicyclic amines) is 2. The Kier molecular flexibility index (Phi) is 70.8. The van der Waals surface area contributed by atoms with E-state index in [1.54, 1.807) is 73.4 Å². The van der Waals surface area contributed by atoms with Crippen molar-refractivity contribution in [1.82, 2.24) is 15.1 Å². The number of thioether (sulfide) groups is 6. The van der Waals surface area contributed by atoms with Gasteiger partial charge in [0.05, 0.1) is 10.5 Å². The van der Waals surface area contributed by atoms with Crippen LogP contribution >= 0.6 is 70.6 Å². The van der Waals surface area contributed by atoms with E-state index in [4.69, 9.17) is 4.74 Å². The summed E-state index contributed by atoms with van der Waals surface area (Å²) in [5, 5.41) is 10.8. The van der Waals surface area contributed by atoms with Crippen LogP contribution in [0.3, 0.4) is 0 Å². The van der Waals surface area contributed by atoms with Gasteiger partial charge in [-0.25, -0.2) is 13.2 Å². The minimum absolute atomic E-state index is 0.00548. The van der Waals surface area contributed by atoms with Gasteiger partial charge in [0.2, 0.25) is 29.5 Å². The van der Waals surface area contributed by atoms with E-state index < -0.39 is 27.1 Å². The number of ether oxygens (including phenoxy) is 1. The molecule has 2 saturated heterocycles. The first-order valence-electron chi connectivity index (χ1n) is 47.7. The van der Waals surface area contributed by atoms with Crippen LogP contribution in [-0.2, 0) is 64.6 Å². The lowest BCUT2D eigenvalue weighted by Gasteiger charge is -2.30. The summed E-state index contributed by atoms with van der Waals surface area (Å²) in [6, 6.07) is 25.9. The quantitative estimate of drug-likeness (QED) is 0.0156. The molecule has 3 aromatic rings. The van der Waals surface area contributed by atoms with Crippen molar-refractivity contribution < 1.29 is 70.4 Å². The van der Waals surface area contributed by atoms with E-state index in [9.17, 15) is 65.7 Å². The minimum atomic E-state index is -4.52. The van der Waals surface area contributed by atoms with Crippen LogP contribution in [0.2, 0.25) is 0 Å². The number of hydrogen-bond donors (Lipinski definition) is 3. The van der Waals surface area contributed by atoms with Crippen molar-refractivity contribution in [3.63, 3.8) is 0 Å². The number of hydrogen-bond acceptors (Lipinski definition) is 22. The van der Waals surface area contributed by atoms with Gasteiger partial charge in [-0.1, -0.05) is 238 Å². The van der Waals surface area contributed by atoms with Crippen LogP contribution in [0.15, 0.2) is 83.8 Å². The molecule has 0 aromatic heterocycles. The van der Waals surface area contributed by atoms with Crippen molar-refractivity contribution in [2.45, 2.75) is 395 Å².